The average molecular weight is 272 g/mol. The van der Waals surface area contributed by atoms with E-state index in [-0.39, 0.29) is 22.0 Å². The van der Waals surface area contributed by atoms with Gasteiger partial charge >= 0.3 is 0 Å². The maximum Gasteiger partial charge on any atom is 0.292 e. The molecule has 1 N–H and O–H groups in total. The Morgan fingerprint density at radius 1 is 1.41 bits per heavy atom. The van der Waals surface area contributed by atoms with Crippen molar-refractivity contribution in [3.05, 3.63) is 40.2 Å². The van der Waals surface area contributed by atoms with Crippen LogP contribution in [0.5, 0.6) is 0 Å². The van der Waals surface area contributed by atoms with E-state index >= 15 is 0 Å². The van der Waals surface area contributed by atoms with Crippen LogP contribution < -0.4 is 5.32 Å². The van der Waals surface area contributed by atoms with E-state index in [1.807, 2.05) is 0 Å². The molecule has 5 nitrogen and oxygen atoms in total. The van der Waals surface area contributed by atoms with Crippen molar-refractivity contribution in [3.8, 4) is 0 Å². The van der Waals surface area contributed by atoms with Gasteiger partial charge in [-0.05, 0) is 24.6 Å². The summed E-state index contributed by atoms with van der Waals surface area (Å²) in [6.45, 7) is 1.76. The largest absolute Gasteiger partial charge is 0.459 e. The summed E-state index contributed by atoms with van der Waals surface area (Å²) >= 11 is 11.3. The third-order valence-electron chi connectivity index (χ3n) is 1.98. The monoisotopic (exact) mass is 271 g/mol. The number of hydrogen-bond donors (Lipinski definition) is 1. The first-order valence-corrected chi connectivity index (χ1v) is 5.37. The number of furan rings is 1. The highest BCUT2D eigenvalue weighted by Gasteiger charge is 2.14. The minimum absolute atomic E-state index is 0.0380. The van der Waals surface area contributed by atoms with Crippen LogP contribution in [0.3, 0.4) is 0 Å². The van der Waals surface area contributed by atoms with Crippen LogP contribution in [0.2, 0.25) is 10.4 Å². The molecule has 0 saturated heterocycles. The van der Waals surface area contributed by atoms with Gasteiger partial charge in [0.15, 0.2) is 5.76 Å². The molecule has 0 bridgehead atoms. The zero-order valence-electron chi connectivity index (χ0n) is 8.70. The van der Waals surface area contributed by atoms with Gasteiger partial charge in [0.2, 0.25) is 5.28 Å². The third kappa shape index (κ3) is 2.75. The maximum absolute atomic E-state index is 11.8. The molecule has 0 radical (unpaired) electrons. The standard InChI is InChI=1S/C10H7Cl2N3O2/c1-5-2-3-17-8(5)9(16)14-7-4-6(11)13-10(12)15-7/h2-4H,1H3,(H,13,14,15,16). The molecule has 0 atom stereocenters. The minimum atomic E-state index is -0.418. The normalized spacial score (nSPS) is 10.3. The van der Waals surface area contributed by atoms with Crippen LogP contribution in [-0.4, -0.2) is 15.9 Å². The van der Waals surface area contributed by atoms with Crippen LogP contribution in [0.15, 0.2) is 22.8 Å². The van der Waals surface area contributed by atoms with E-state index in [4.69, 9.17) is 27.6 Å². The lowest BCUT2D eigenvalue weighted by atomic mass is 10.3. The van der Waals surface area contributed by atoms with Crippen molar-refractivity contribution >= 4 is 34.9 Å². The van der Waals surface area contributed by atoms with Gasteiger partial charge in [-0.15, -0.1) is 0 Å². The molecule has 17 heavy (non-hydrogen) atoms. The van der Waals surface area contributed by atoms with Gasteiger partial charge in [-0.3, -0.25) is 4.79 Å². The molecule has 0 aliphatic rings. The number of aromatic nitrogens is 2. The zero-order valence-corrected chi connectivity index (χ0v) is 10.2. The molecule has 7 heteroatoms. The fourth-order valence-electron chi connectivity index (χ4n) is 1.23. The molecule has 2 aromatic heterocycles. The zero-order chi connectivity index (χ0) is 12.4. The summed E-state index contributed by atoms with van der Waals surface area (Å²) in [7, 11) is 0. The Balaban J connectivity index is 2.21. The maximum atomic E-state index is 11.8. The van der Waals surface area contributed by atoms with Gasteiger partial charge in [-0.2, -0.15) is 0 Å². The molecule has 88 valence electrons. The lowest BCUT2D eigenvalue weighted by molar-refractivity contribution is 0.0995. The van der Waals surface area contributed by atoms with Crippen LogP contribution in [0.4, 0.5) is 5.82 Å². The second kappa shape index (κ2) is 4.73. The third-order valence-corrected chi connectivity index (χ3v) is 2.34. The number of halogens is 2. The molecule has 2 aromatic rings. The van der Waals surface area contributed by atoms with Gasteiger partial charge in [-0.25, -0.2) is 9.97 Å². The summed E-state index contributed by atoms with van der Waals surface area (Å²) in [5.74, 6) is 0.0185. The van der Waals surface area contributed by atoms with E-state index in [2.05, 4.69) is 15.3 Å². The van der Waals surface area contributed by atoms with Crippen LogP contribution in [0, 0.1) is 6.92 Å². The van der Waals surface area contributed by atoms with Crippen molar-refractivity contribution in [2.75, 3.05) is 5.32 Å². The Hall–Kier alpha value is -1.59. The number of carbonyl (C=O) groups is 1. The molecule has 2 heterocycles. The van der Waals surface area contributed by atoms with Gasteiger partial charge in [0.25, 0.3) is 5.91 Å². The summed E-state index contributed by atoms with van der Waals surface area (Å²) in [4.78, 5) is 19.2. The second-order valence-electron chi connectivity index (χ2n) is 3.23. The number of rotatable bonds is 2. The topological polar surface area (TPSA) is 68.0 Å². The number of nitrogens with zero attached hydrogens (tertiary/aromatic N) is 2. The lowest BCUT2D eigenvalue weighted by Crippen LogP contribution is -2.13. The van der Waals surface area contributed by atoms with Crippen molar-refractivity contribution in [3.63, 3.8) is 0 Å². The predicted molar refractivity (Wildman–Crippen MR) is 63.5 cm³/mol. The Kier molecular flexibility index (Phi) is 3.31. The predicted octanol–water partition coefficient (Wildman–Crippen LogP) is 2.94. The first-order valence-electron chi connectivity index (χ1n) is 4.62. The van der Waals surface area contributed by atoms with E-state index < -0.39 is 5.91 Å². The molecule has 0 aliphatic carbocycles. The molecule has 0 saturated carbocycles. The highest BCUT2D eigenvalue weighted by molar-refractivity contribution is 6.32. The van der Waals surface area contributed by atoms with Crippen LogP contribution in [0.1, 0.15) is 16.1 Å². The summed E-state index contributed by atoms with van der Waals surface area (Å²) in [6, 6.07) is 3.08. The van der Waals surface area contributed by atoms with E-state index in [9.17, 15) is 4.79 Å². The molecular formula is C10H7Cl2N3O2. The number of carbonyl (C=O) groups excluding carboxylic acids is 1. The summed E-state index contributed by atoms with van der Waals surface area (Å²) < 4.78 is 5.04. The molecule has 0 fully saturated rings. The number of nitrogens with one attached hydrogen (secondary N) is 1. The molecule has 0 aliphatic heterocycles. The van der Waals surface area contributed by atoms with Gasteiger partial charge < -0.3 is 9.73 Å². The molecule has 0 unspecified atom stereocenters. The van der Waals surface area contributed by atoms with Crippen molar-refractivity contribution in [2.24, 2.45) is 0 Å². The quantitative estimate of drug-likeness (QED) is 0.674. The van der Waals surface area contributed by atoms with E-state index in [0.29, 0.717) is 0 Å². The number of aryl methyl sites for hydroxylation is 1. The molecular weight excluding hydrogens is 265 g/mol. The summed E-state index contributed by atoms with van der Waals surface area (Å²) in [6.07, 6.45) is 1.43. The van der Waals surface area contributed by atoms with E-state index in [1.165, 1.54) is 12.3 Å². The summed E-state index contributed by atoms with van der Waals surface area (Å²) in [5, 5.41) is 2.63. The van der Waals surface area contributed by atoms with Crippen molar-refractivity contribution in [1.29, 1.82) is 0 Å². The van der Waals surface area contributed by atoms with Gasteiger partial charge in [0.1, 0.15) is 11.0 Å². The van der Waals surface area contributed by atoms with Gasteiger partial charge in [0.05, 0.1) is 6.26 Å². The van der Waals surface area contributed by atoms with Gasteiger partial charge in [-0.1, -0.05) is 11.6 Å². The molecule has 0 spiro atoms. The Bertz CT molecular complexity index is 548. The first kappa shape index (κ1) is 11.9. The van der Waals surface area contributed by atoms with Crippen molar-refractivity contribution < 1.29 is 9.21 Å². The highest BCUT2D eigenvalue weighted by atomic mass is 35.5. The van der Waals surface area contributed by atoms with Gasteiger partial charge in [0, 0.05) is 11.6 Å². The number of amides is 1. The lowest BCUT2D eigenvalue weighted by Gasteiger charge is -2.03. The fourth-order valence-corrected chi connectivity index (χ4v) is 1.64. The Labute approximate surface area is 107 Å². The van der Waals surface area contributed by atoms with E-state index in [1.54, 1.807) is 13.0 Å². The van der Waals surface area contributed by atoms with Crippen LogP contribution in [-0.2, 0) is 0 Å². The first-order chi connectivity index (χ1) is 8.06. The van der Waals surface area contributed by atoms with E-state index in [0.717, 1.165) is 5.56 Å². The molecule has 2 rings (SSSR count). The number of hydrogen-bond acceptors (Lipinski definition) is 4. The second-order valence-corrected chi connectivity index (χ2v) is 3.96. The summed E-state index contributed by atoms with van der Waals surface area (Å²) in [5.41, 5.74) is 0.730. The Morgan fingerprint density at radius 2 is 2.18 bits per heavy atom. The smallest absolute Gasteiger partial charge is 0.292 e. The van der Waals surface area contributed by atoms with Crippen LogP contribution in [0.25, 0.3) is 0 Å². The van der Waals surface area contributed by atoms with Crippen molar-refractivity contribution in [2.45, 2.75) is 6.92 Å². The molecule has 1 amide bonds. The fraction of sp³-hybridized carbons (Fsp3) is 0.100. The molecule has 0 aromatic carbocycles. The van der Waals surface area contributed by atoms with Crippen molar-refractivity contribution in [1.82, 2.24) is 9.97 Å². The average Bonchev–Trinajstić information content (AvgIpc) is 2.62. The SMILES string of the molecule is Cc1ccoc1C(=O)Nc1cc(Cl)nc(Cl)n1. The number of anilines is 1. The minimum Gasteiger partial charge on any atom is -0.459 e. The Morgan fingerprint density at radius 3 is 2.76 bits per heavy atom. The van der Waals surface area contributed by atoms with Crippen LogP contribution >= 0.6 is 23.2 Å². The highest BCUT2D eigenvalue weighted by Crippen LogP contribution is 2.16.